The molecule has 0 N–H and O–H groups in total. The van der Waals surface area contributed by atoms with Gasteiger partial charge < -0.3 is 9.30 Å². The van der Waals surface area contributed by atoms with E-state index >= 15 is 0 Å². The average Bonchev–Trinajstić information content (AvgIpc) is 3.28. The molecule has 0 atom stereocenters. The lowest BCUT2D eigenvalue weighted by molar-refractivity contribution is 0.0959. The SMILES string of the molecule is CCOc1ccn(C(=O)c2cc(-c3ccccc3)c(=O)n3c2-c2cc(Cl)ccc2CC3)c1. The molecule has 0 unspecified atom stereocenters. The van der Waals surface area contributed by atoms with Crippen molar-refractivity contribution in [2.45, 2.75) is 19.9 Å². The first-order valence-corrected chi connectivity index (χ1v) is 10.9. The maximum absolute atomic E-state index is 13.7. The summed E-state index contributed by atoms with van der Waals surface area (Å²) < 4.78 is 8.73. The maximum atomic E-state index is 13.7. The Morgan fingerprint density at radius 3 is 2.66 bits per heavy atom. The van der Waals surface area contributed by atoms with Gasteiger partial charge in [0.15, 0.2) is 0 Å². The molecule has 0 aliphatic carbocycles. The van der Waals surface area contributed by atoms with Crippen molar-refractivity contribution < 1.29 is 9.53 Å². The number of aryl methyl sites for hydroxylation is 1. The zero-order valence-electron chi connectivity index (χ0n) is 17.5. The smallest absolute Gasteiger partial charge is 0.264 e. The number of benzene rings is 2. The molecule has 6 heteroatoms. The number of nitrogens with zero attached hydrogens (tertiary/aromatic N) is 2. The summed E-state index contributed by atoms with van der Waals surface area (Å²) >= 11 is 6.30. The second-order valence-electron chi connectivity index (χ2n) is 7.69. The number of hydrogen-bond acceptors (Lipinski definition) is 3. The molecule has 160 valence electrons. The molecule has 0 spiro atoms. The monoisotopic (exact) mass is 444 g/mol. The molecule has 0 saturated heterocycles. The highest BCUT2D eigenvalue weighted by Crippen LogP contribution is 2.35. The van der Waals surface area contributed by atoms with Gasteiger partial charge in [-0.05, 0) is 48.7 Å². The largest absolute Gasteiger partial charge is 0.492 e. The Hall–Kier alpha value is -3.57. The van der Waals surface area contributed by atoms with Gasteiger partial charge in [0.2, 0.25) is 0 Å². The Morgan fingerprint density at radius 2 is 1.88 bits per heavy atom. The molecular weight excluding hydrogens is 424 g/mol. The van der Waals surface area contributed by atoms with Gasteiger partial charge in [-0.25, -0.2) is 0 Å². The molecule has 3 heterocycles. The highest BCUT2D eigenvalue weighted by molar-refractivity contribution is 6.31. The van der Waals surface area contributed by atoms with E-state index in [1.54, 1.807) is 29.1 Å². The van der Waals surface area contributed by atoms with Crippen molar-refractivity contribution in [1.82, 2.24) is 9.13 Å². The molecule has 0 saturated carbocycles. The zero-order valence-corrected chi connectivity index (χ0v) is 18.3. The Kier molecular flexibility index (Phi) is 5.19. The van der Waals surface area contributed by atoms with E-state index in [9.17, 15) is 9.59 Å². The van der Waals surface area contributed by atoms with Gasteiger partial charge in [0.05, 0.1) is 24.1 Å². The molecule has 4 aromatic rings. The predicted molar refractivity (Wildman–Crippen MR) is 126 cm³/mol. The minimum atomic E-state index is -0.232. The molecule has 5 rings (SSSR count). The Morgan fingerprint density at radius 1 is 1.06 bits per heavy atom. The number of aromatic nitrogens is 2. The molecule has 0 amide bonds. The normalized spacial score (nSPS) is 12.2. The number of carbonyl (C=O) groups excluding carboxylic acids is 1. The van der Waals surface area contributed by atoms with E-state index in [0.29, 0.717) is 47.2 Å². The van der Waals surface area contributed by atoms with Crippen molar-refractivity contribution in [2.24, 2.45) is 0 Å². The molecule has 1 aliphatic rings. The van der Waals surface area contributed by atoms with E-state index in [0.717, 1.165) is 16.7 Å². The zero-order chi connectivity index (χ0) is 22.2. The van der Waals surface area contributed by atoms with Gasteiger partial charge in [0.1, 0.15) is 5.75 Å². The third-order valence-electron chi connectivity index (χ3n) is 5.75. The van der Waals surface area contributed by atoms with E-state index < -0.39 is 0 Å². The quantitative estimate of drug-likeness (QED) is 0.430. The summed E-state index contributed by atoms with van der Waals surface area (Å²) in [6.45, 7) is 2.91. The molecule has 2 aromatic carbocycles. The molecule has 1 aliphatic heterocycles. The lowest BCUT2D eigenvalue weighted by atomic mass is 9.92. The Labute approximate surface area is 190 Å². The molecule has 32 heavy (non-hydrogen) atoms. The summed E-state index contributed by atoms with van der Waals surface area (Å²) in [4.78, 5) is 27.2. The van der Waals surface area contributed by atoms with Gasteiger partial charge >= 0.3 is 0 Å². The van der Waals surface area contributed by atoms with Crippen LogP contribution in [0.2, 0.25) is 5.02 Å². The van der Waals surface area contributed by atoms with Crippen LogP contribution in [-0.2, 0) is 13.0 Å². The second-order valence-corrected chi connectivity index (χ2v) is 8.12. The van der Waals surface area contributed by atoms with Crippen LogP contribution in [0.5, 0.6) is 5.75 Å². The number of carbonyl (C=O) groups is 1. The van der Waals surface area contributed by atoms with Gasteiger partial charge in [-0.15, -0.1) is 0 Å². The van der Waals surface area contributed by atoms with Crippen molar-refractivity contribution in [1.29, 1.82) is 0 Å². The number of rotatable bonds is 4. The predicted octanol–water partition coefficient (Wildman–Crippen LogP) is 5.28. The highest BCUT2D eigenvalue weighted by atomic mass is 35.5. The third kappa shape index (κ3) is 3.45. The number of halogens is 1. The van der Waals surface area contributed by atoms with Gasteiger partial charge in [-0.2, -0.15) is 0 Å². The average molecular weight is 445 g/mol. The first kappa shape index (κ1) is 20.3. The van der Waals surface area contributed by atoms with E-state index in [-0.39, 0.29) is 11.5 Å². The highest BCUT2D eigenvalue weighted by Gasteiger charge is 2.27. The second kappa shape index (κ2) is 8.17. The van der Waals surface area contributed by atoms with Gasteiger partial charge in [-0.3, -0.25) is 14.2 Å². The fourth-order valence-electron chi connectivity index (χ4n) is 4.27. The topological polar surface area (TPSA) is 53.2 Å². The van der Waals surface area contributed by atoms with Crippen LogP contribution in [-0.4, -0.2) is 21.6 Å². The van der Waals surface area contributed by atoms with Crippen LogP contribution >= 0.6 is 11.6 Å². The van der Waals surface area contributed by atoms with Crippen LogP contribution in [0.15, 0.2) is 77.9 Å². The molecule has 0 radical (unpaired) electrons. The van der Waals surface area contributed by atoms with Crippen molar-refractivity contribution in [3.63, 3.8) is 0 Å². The molecular formula is C26H21ClN2O3. The standard InChI is InChI=1S/C26H21ClN2O3/c1-2-32-20-11-12-28(16-20)25(30)23-15-22(17-6-4-3-5-7-17)26(31)29-13-10-18-8-9-19(27)14-21(18)24(23)29/h3-9,11-12,14-16H,2,10,13H2,1H3. The molecule has 2 aromatic heterocycles. The van der Waals surface area contributed by atoms with E-state index in [4.69, 9.17) is 16.3 Å². The minimum absolute atomic E-state index is 0.115. The summed E-state index contributed by atoms with van der Waals surface area (Å²) in [5.74, 6) is 0.388. The maximum Gasteiger partial charge on any atom is 0.264 e. The van der Waals surface area contributed by atoms with Gasteiger partial charge in [0, 0.05) is 28.9 Å². The molecule has 5 nitrogen and oxygen atoms in total. The van der Waals surface area contributed by atoms with E-state index in [2.05, 4.69) is 0 Å². The number of hydrogen-bond donors (Lipinski definition) is 0. The first-order chi connectivity index (χ1) is 15.6. The summed E-state index contributed by atoms with van der Waals surface area (Å²) in [5.41, 5.74) is 4.11. The van der Waals surface area contributed by atoms with Crippen molar-refractivity contribution >= 4 is 17.5 Å². The Balaban J connectivity index is 1.77. The third-order valence-corrected chi connectivity index (χ3v) is 5.98. The van der Waals surface area contributed by atoms with Crippen LogP contribution in [0.3, 0.4) is 0 Å². The fourth-order valence-corrected chi connectivity index (χ4v) is 4.44. The van der Waals surface area contributed by atoms with Crippen LogP contribution in [0.1, 0.15) is 22.8 Å². The van der Waals surface area contributed by atoms with Crippen molar-refractivity contribution in [3.8, 4) is 28.1 Å². The van der Waals surface area contributed by atoms with Crippen LogP contribution in [0.4, 0.5) is 0 Å². The molecule has 0 bridgehead atoms. The van der Waals surface area contributed by atoms with Crippen LogP contribution in [0, 0.1) is 0 Å². The molecule has 0 fully saturated rings. The van der Waals surface area contributed by atoms with E-state index in [1.807, 2.05) is 55.5 Å². The van der Waals surface area contributed by atoms with Crippen LogP contribution < -0.4 is 10.3 Å². The van der Waals surface area contributed by atoms with E-state index in [1.165, 1.54) is 4.57 Å². The van der Waals surface area contributed by atoms with Gasteiger partial charge in [-0.1, -0.05) is 48.0 Å². The fraction of sp³-hybridized carbons (Fsp3) is 0.154. The minimum Gasteiger partial charge on any atom is -0.492 e. The summed E-state index contributed by atoms with van der Waals surface area (Å²) in [6.07, 6.45) is 4.04. The summed E-state index contributed by atoms with van der Waals surface area (Å²) in [5, 5.41) is 0.565. The first-order valence-electron chi connectivity index (χ1n) is 10.5. The van der Waals surface area contributed by atoms with Crippen LogP contribution in [0.25, 0.3) is 22.4 Å². The number of pyridine rings is 1. The number of ether oxygens (including phenoxy) is 1. The van der Waals surface area contributed by atoms with Crippen molar-refractivity contribution in [2.75, 3.05) is 6.61 Å². The summed E-state index contributed by atoms with van der Waals surface area (Å²) in [7, 11) is 0. The lowest BCUT2D eigenvalue weighted by Gasteiger charge is -2.25. The summed E-state index contributed by atoms with van der Waals surface area (Å²) in [6, 6.07) is 18.5. The number of fused-ring (bicyclic) bond motifs is 3. The van der Waals surface area contributed by atoms with Gasteiger partial charge in [0.25, 0.3) is 11.5 Å². The Bertz CT molecular complexity index is 1390. The lowest BCUT2D eigenvalue weighted by Crippen LogP contribution is -2.30. The van der Waals surface area contributed by atoms with Crippen molar-refractivity contribution in [3.05, 3.63) is 99.6 Å².